The van der Waals surface area contributed by atoms with E-state index in [1.165, 1.54) is 6.92 Å². The molecule has 0 saturated heterocycles. The Morgan fingerprint density at radius 3 is 1.13 bits per heavy atom. The van der Waals surface area contributed by atoms with Crippen LogP contribution in [-0.4, -0.2) is 145 Å². The molecule has 1 rings (SSSR count). The zero-order valence-corrected chi connectivity index (χ0v) is 28.3. The van der Waals surface area contributed by atoms with Crippen LogP contribution in [0, 0.1) is 5.92 Å². The van der Waals surface area contributed by atoms with Crippen molar-refractivity contribution in [2.75, 3.05) is 144 Å². The van der Waals surface area contributed by atoms with Gasteiger partial charge in [-0.15, -0.1) is 0 Å². The van der Waals surface area contributed by atoms with Crippen molar-refractivity contribution >= 4 is 11.6 Å². The maximum atomic E-state index is 11.0. The van der Waals surface area contributed by atoms with Crippen LogP contribution in [0.15, 0.2) is 24.3 Å². The third kappa shape index (κ3) is 29.5. The lowest BCUT2D eigenvalue weighted by molar-refractivity contribution is -0.114. The first-order valence-electron chi connectivity index (χ1n) is 16.4. The van der Waals surface area contributed by atoms with E-state index in [1.54, 1.807) is 24.3 Å². The number of hydrogen-bond donors (Lipinski definition) is 1. The molecule has 46 heavy (non-hydrogen) atoms. The number of amides is 1. The SMILES string of the molecule is CCC(C)COCCOCCOCCOCCOCCOCCOCCOCCOCCOCCOc1ccc(NC(C)=O)cc1. The van der Waals surface area contributed by atoms with Crippen LogP contribution in [0.4, 0.5) is 5.69 Å². The standard InChI is InChI=1S/C33H59NO12/c1-4-30(2)29-45-26-25-43-22-21-41-18-17-39-14-13-37-10-9-36-11-12-38-15-16-40-19-20-42-23-24-44-27-28-46-33-7-5-32(6-8-33)34-31(3)35/h5-8,30H,4,9-29H2,1-3H3,(H,34,35). The second-order valence-electron chi connectivity index (χ2n) is 10.2. The first-order valence-corrected chi connectivity index (χ1v) is 16.4. The number of hydrogen-bond acceptors (Lipinski definition) is 12. The van der Waals surface area contributed by atoms with Crippen LogP contribution in [0.3, 0.4) is 0 Å². The molecule has 0 aliphatic rings. The quantitative estimate of drug-likeness (QED) is 0.107. The summed E-state index contributed by atoms with van der Waals surface area (Å²) in [5, 5.41) is 2.71. The third-order valence-corrected chi connectivity index (χ3v) is 6.12. The smallest absolute Gasteiger partial charge is 0.221 e. The summed E-state index contributed by atoms with van der Waals surface area (Å²) in [7, 11) is 0. The minimum atomic E-state index is -0.107. The molecular weight excluding hydrogens is 602 g/mol. The van der Waals surface area contributed by atoms with E-state index in [9.17, 15) is 4.79 Å². The Morgan fingerprint density at radius 2 is 0.826 bits per heavy atom. The highest BCUT2D eigenvalue weighted by Gasteiger charge is 2.00. The van der Waals surface area contributed by atoms with E-state index < -0.39 is 0 Å². The summed E-state index contributed by atoms with van der Waals surface area (Å²) in [6.07, 6.45) is 1.13. The summed E-state index contributed by atoms with van der Waals surface area (Å²) in [5.74, 6) is 1.21. The van der Waals surface area contributed by atoms with E-state index in [4.69, 9.17) is 52.1 Å². The summed E-state index contributed by atoms with van der Waals surface area (Å²) in [6, 6.07) is 7.18. The van der Waals surface area contributed by atoms with Crippen molar-refractivity contribution in [3.8, 4) is 5.75 Å². The van der Waals surface area contributed by atoms with Gasteiger partial charge in [0.25, 0.3) is 0 Å². The van der Waals surface area contributed by atoms with Gasteiger partial charge in [0.2, 0.25) is 5.91 Å². The summed E-state index contributed by atoms with van der Waals surface area (Å²) < 4.78 is 60.5. The predicted molar refractivity (Wildman–Crippen MR) is 174 cm³/mol. The minimum absolute atomic E-state index is 0.107. The Morgan fingerprint density at radius 1 is 0.522 bits per heavy atom. The second-order valence-corrected chi connectivity index (χ2v) is 10.2. The average Bonchev–Trinajstić information content (AvgIpc) is 3.05. The number of anilines is 1. The molecule has 0 saturated carbocycles. The van der Waals surface area contributed by atoms with Crippen molar-refractivity contribution in [2.45, 2.75) is 27.2 Å². The van der Waals surface area contributed by atoms with E-state index >= 15 is 0 Å². The first kappa shape index (κ1) is 42.1. The number of ether oxygens (including phenoxy) is 11. The van der Waals surface area contributed by atoms with Gasteiger partial charge in [0.15, 0.2) is 0 Å². The van der Waals surface area contributed by atoms with Gasteiger partial charge >= 0.3 is 0 Å². The Bertz CT molecular complexity index is 786. The Kier molecular flexibility index (Phi) is 30.2. The molecule has 1 unspecified atom stereocenters. The summed E-state index contributed by atoms with van der Waals surface area (Å²) in [6.45, 7) is 16.9. The molecule has 0 bridgehead atoms. The first-order chi connectivity index (χ1) is 22.6. The van der Waals surface area contributed by atoms with Gasteiger partial charge in [0, 0.05) is 19.2 Å². The van der Waals surface area contributed by atoms with Gasteiger partial charge in [0.1, 0.15) is 12.4 Å². The maximum Gasteiger partial charge on any atom is 0.221 e. The highest BCUT2D eigenvalue weighted by molar-refractivity contribution is 5.88. The Hall–Kier alpha value is -1.91. The molecule has 0 fully saturated rings. The molecule has 13 heteroatoms. The number of carbonyl (C=O) groups is 1. The summed E-state index contributed by atoms with van der Waals surface area (Å²) in [5.41, 5.74) is 0.733. The van der Waals surface area contributed by atoms with Crippen molar-refractivity contribution in [1.29, 1.82) is 0 Å². The molecule has 1 amide bonds. The van der Waals surface area contributed by atoms with Crippen molar-refractivity contribution in [3.05, 3.63) is 24.3 Å². The monoisotopic (exact) mass is 661 g/mol. The van der Waals surface area contributed by atoms with Gasteiger partial charge in [-0.05, 0) is 30.2 Å². The molecule has 0 aromatic heterocycles. The molecule has 0 spiro atoms. The Labute approximate surface area is 275 Å². The van der Waals surface area contributed by atoms with Crippen LogP contribution < -0.4 is 10.1 Å². The fraction of sp³-hybridized carbons (Fsp3) is 0.788. The van der Waals surface area contributed by atoms with Crippen molar-refractivity contribution < 1.29 is 56.9 Å². The molecule has 1 N–H and O–H groups in total. The van der Waals surface area contributed by atoms with E-state index in [0.29, 0.717) is 138 Å². The fourth-order valence-corrected chi connectivity index (χ4v) is 3.44. The van der Waals surface area contributed by atoms with E-state index in [2.05, 4.69) is 19.2 Å². The molecule has 0 aliphatic heterocycles. The van der Waals surface area contributed by atoms with Gasteiger partial charge < -0.3 is 57.4 Å². The van der Waals surface area contributed by atoms with Crippen LogP contribution in [0.2, 0.25) is 0 Å². The zero-order valence-electron chi connectivity index (χ0n) is 28.3. The highest BCUT2D eigenvalue weighted by atomic mass is 16.6. The molecule has 13 nitrogen and oxygen atoms in total. The number of rotatable bonds is 35. The van der Waals surface area contributed by atoms with Crippen LogP contribution >= 0.6 is 0 Å². The van der Waals surface area contributed by atoms with E-state index in [0.717, 1.165) is 24.5 Å². The van der Waals surface area contributed by atoms with Crippen molar-refractivity contribution in [2.24, 2.45) is 5.92 Å². The topological polar surface area (TPSA) is 131 Å². The molecule has 1 aromatic carbocycles. The highest BCUT2D eigenvalue weighted by Crippen LogP contribution is 2.15. The summed E-state index contributed by atoms with van der Waals surface area (Å²) >= 11 is 0. The van der Waals surface area contributed by atoms with Gasteiger partial charge in [-0.2, -0.15) is 0 Å². The minimum Gasteiger partial charge on any atom is -0.491 e. The average molecular weight is 662 g/mol. The van der Waals surface area contributed by atoms with Gasteiger partial charge in [-0.3, -0.25) is 4.79 Å². The lowest BCUT2D eigenvalue weighted by Crippen LogP contribution is -2.15. The van der Waals surface area contributed by atoms with Crippen LogP contribution in [0.5, 0.6) is 5.75 Å². The number of nitrogens with one attached hydrogen (secondary N) is 1. The largest absolute Gasteiger partial charge is 0.491 e. The molecule has 1 atom stereocenters. The lowest BCUT2D eigenvalue weighted by Gasteiger charge is -2.10. The number of carbonyl (C=O) groups excluding carboxylic acids is 1. The fourth-order valence-electron chi connectivity index (χ4n) is 3.44. The summed E-state index contributed by atoms with van der Waals surface area (Å²) in [4.78, 5) is 11.0. The van der Waals surface area contributed by atoms with Crippen LogP contribution in [-0.2, 0) is 52.2 Å². The van der Waals surface area contributed by atoms with Crippen molar-refractivity contribution in [3.63, 3.8) is 0 Å². The molecule has 0 radical (unpaired) electrons. The lowest BCUT2D eigenvalue weighted by atomic mass is 10.1. The molecule has 268 valence electrons. The van der Waals surface area contributed by atoms with Gasteiger partial charge in [0.05, 0.1) is 126 Å². The van der Waals surface area contributed by atoms with Crippen molar-refractivity contribution in [1.82, 2.24) is 0 Å². The van der Waals surface area contributed by atoms with Gasteiger partial charge in [-0.1, -0.05) is 20.3 Å². The van der Waals surface area contributed by atoms with Gasteiger partial charge in [-0.25, -0.2) is 0 Å². The molecule has 1 aromatic rings. The molecular formula is C33H59NO12. The number of benzene rings is 1. The second kappa shape index (κ2) is 33.0. The third-order valence-electron chi connectivity index (χ3n) is 6.12. The van der Waals surface area contributed by atoms with E-state index in [1.807, 2.05) is 0 Å². The zero-order chi connectivity index (χ0) is 33.2. The maximum absolute atomic E-state index is 11.0. The Balaban J connectivity index is 1.67. The van der Waals surface area contributed by atoms with E-state index in [-0.39, 0.29) is 5.91 Å². The predicted octanol–water partition coefficient (Wildman–Crippen LogP) is 3.24. The van der Waals surface area contributed by atoms with Crippen LogP contribution in [0.25, 0.3) is 0 Å². The molecule has 0 aliphatic carbocycles. The molecule has 0 heterocycles. The van der Waals surface area contributed by atoms with Crippen LogP contribution in [0.1, 0.15) is 27.2 Å². The normalized spacial score (nSPS) is 12.0.